The minimum atomic E-state index is -3.44. The van der Waals surface area contributed by atoms with Gasteiger partial charge in [0, 0.05) is 11.7 Å². The predicted molar refractivity (Wildman–Crippen MR) is 107 cm³/mol. The molecule has 0 bridgehead atoms. The molecule has 0 atom stereocenters. The Labute approximate surface area is 163 Å². The Balaban J connectivity index is 1.60. The quantitative estimate of drug-likeness (QED) is 0.482. The van der Waals surface area contributed by atoms with Crippen LogP contribution in [0.15, 0.2) is 52.4 Å². The number of guanidine groups is 1. The largest absolute Gasteiger partial charge is 0.495 e. The lowest BCUT2D eigenvalue weighted by molar-refractivity contribution is 0.415. The summed E-state index contributed by atoms with van der Waals surface area (Å²) in [5, 5.41) is 3.42. The summed E-state index contributed by atoms with van der Waals surface area (Å²) < 4.78 is 32.0. The van der Waals surface area contributed by atoms with Crippen LogP contribution in [0.5, 0.6) is 5.75 Å². The smallest absolute Gasteiger partial charge is 0.240 e. The van der Waals surface area contributed by atoms with Gasteiger partial charge in [-0.05, 0) is 48.7 Å². The molecule has 144 valence electrons. The summed E-state index contributed by atoms with van der Waals surface area (Å²) in [6.45, 7) is 0.319. The molecule has 1 aliphatic rings. The monoisotopic (exact) mass is 408 g/mol. The molecule has 0 heterocycles. The molecule has 3 rings (SSSR count). The molecule has 0 aliphatic heterocycles. The van der Waals surface area contributed by atoms with Crippen molar-refractivity contribution in [2.45, 2.75) is 30.3 Å². The number of hydrogen-bond acceptors (Lipinski definition) is 4. The molecule has 2 aromatic carbocycles. The third-order valence-corrected chi connectivity index (χ3v) is 5.82. The van der Waals surface area contributed by atoms with Gasteiger partial charge in [-0.1, -0.05) is 23.7 Å². The fourth-order valence-electron chi connectivity index (χ4n) is 2.37. The van der Waals surface area contributed by atoms with Gasteiger partial charge in [0.1, 0.15) is 5.75 Å². The number of benzene rings is 2. The van der Waals surface area contributed by atoms with Crippen LogP contribution in [-0.2, 0) is 16.6 Å². The Hall–Kier alpha value is -2.29. The number of nitrogens with one attached hydrogen (secondary N) is 2. The Morgan fingerprint density at radius 2 is 1.96 bits per heavy atom. The average molecular weight is 409 g/mol. The second-order valence-corrected chi connectivity index (χ2v) is 8.34. The summed E-state index contributed by atoms with van der Waals surface area (Å²) in [6, 6.07) is 11.9. The number of methoxy groups -OCH3 is 1. The fraction of sp³-hybridized carbons (Fsp3) is 0.278. The van der Waals surface area contributed by atoms with Gasteiger partial charge in [0.2, 0.25) is 10.0 Å². The second-order valence-electron chi connectivity index (χ2n) is 6.22. The Morgan fingerprint density at radius 3 is 2.56 bits per heavy atom. The summed E-state index contributed by atoms with van der Waals surface area (Å²) in [6.07, 6.45) is 1.80. The number of sulfonamides is 1. The van der Waals surface area contributed by atoms with Crippen LogP contribution in [0.25, 0.3) is 0 Å². The maximum Gasteiger partial charge on any atom is 0.240 e. The number of nitrogens with two attached hydrogens (primary N) is 1. The third kappa shape index (κ3) is 5.35. The molecule has 27 heavy (non-hydrogen) atoms. The second kappa shape index (κ2) is 8.16. The Kier molecular flexibility index (Phi) is 5.88. The SMILES string of the molecule is COc1ccc(NC(N)=NCc2ccc(S(=O)(=O)NC3CC3)cc2)cc1Cl. The number of rotatable bonds is 7. The van der Waals surface area contributed by atoms with E-state index in [1.54, 1.807) is 49.6 Å². The van der Waals surface area contributed by atoms with Crippen molar-refractivity contribution in [1.82, 2.24) is 4.72 Å². The van der Waals surface area contributed by atoms with Gasteiger partial charge in [0.05, 0.1) is 23.6 Å². The van der Waals surface area contributed by atoms with E-state index in [-0.39, 0.29) is 16.9 Å². The van der Waals surface area contributed by atoms with E-state index in [9.17, 15) is 8.42 Å². The van der Waals surface area contributed by atoms with Crippen molar-refractivity contribution in [1.29, 1.82) is 0 Å². The number of nitrogens with zero attached hydrogens (tertiary/aromatic N) is 1. The first-order valence-electron chi connectivity index (χ1n) is 8.39. The summed E-state index contributed by atoms with van der Waals surface area (Å²) in [5.74, 6) is 0.798. The van der Waals surface area contributed by atoms with Gasteiger partial charge in [0.15, 0.2) is 5.96 Å². The van der Waals surface area contributed by atoms with Gasteiger partial charge in [-0.3, -0.25) is 0 Å². The molecular formula is C18H21ClN4O3S. The van der Waals surface area contributed by atoms with Crippen LogP contribution in [0.3, 0.4) is 0 Å². The zero-order chi connectivity index (χ0) is 19.4. The first-order chi connectivity index (χ1) is 12.9. The summed E-state index contributed by atoms with van der Waals surface area (Å²) >= 11 is 6.07. The van der Waals surface area contributed by atoms with E-state index in [1.165, 1.54) is 0 Å². The normalized spacial score (nSPS) is 14.8. The van der Waals surface area contributed by atoms with Crippen LogP contribution in [0.4, 0.5) is 5.69 Å². The van der Waals surface area contributed by atoms with Gasteiger partial charge in [-0.25, -0.2) is 18.1 Å². The van der Waals surface area contributed by atoms with Crippen LogP contribution in [-0.4, -0.2) is 27.5 Å². The molecule has 0 unspecified atom stereocenters. The average Bonchev–Trinajstić information content (AvgIpc) is 3.44. The summed E-state index contributed by atoms with van der Waals surface area (Å²) in [7, 11) is -1.90. The highest BCUT2D eigenvalue weighted by Gasteiger charge is 2.27. The minimum absolute atomic E-state index is 0.0802. The maximum atomic E-state index is 12.1. The standard InChI is InChI=1S/C18H21ClN4O3S/c1-26-17-9-6-14(10-16(17)19)22-18(20)21-11-12-2-7-15(8-3-12)27(24,25)23-13-4-5-13/h2-3,6-10,13,23H,4-5,11H2,1H3,(H3,20,21,22). The van der Waals surface area contributed by atoms with Crippen molar-refractivity contribution in [3.05, 3.63) is 53.1 Å². The van der Waals surface area contributed by atoms with Gasteiger partial charge in [0.25, 0.3) is 0 Å². The van der Waals surface area contributed by atoms with E-state index in [0.717, 1.165) is 18.4 Å². The zero-order valence-corrected chi connectivity index (χ0v) is 16.3. The highest BCUT2D eigenvalue weighted by atomic mass is 35.5. The lowest BCUT2D eigenvalue weighted by atomic mass is 10.2. The van der Waals surface area contributed by atoms with Gasteiger partial charge >= 0.3 is 0 Å². The van der Waals surface area contributed by atoms with Crippen LogP contribution >= 0.6 is 11.6 Å². The van der Waals surface area contributed by atoms with E-state index >= 15 is 0 Å². The van der Waals surface area contributed by atoms with Crippen molar-refractivity contribution in [3.8, 4) is 5.75 Å². The lowest BCUT2D eigenvalue weighted by Gasteiger charge is -2.09. The molecule has 0 radical (unpaired) electrons. The van der Waals surface area contributed by atoms with Gasteiger partial charge in [-0.2, -0.15) is 0 Å². The van der Waals surface area contributed by atoms with E-state index in [0.29, 0.717) is 23.0 Å². The topological polar surface area (TPSA) is 106 Å². The third-order valence-electron chi connectivity index (χ3n) is 3.99. The van der Waals surface area contributed by atoms with Crippen LogP contribution < -0.4 is 20.5 Å². The first-order valence-corrected chi connectivity index (χ1v) is 10.3. The number of hydrogen-bond donors (Lipinski definition) is 3. The van der Waals surface area contributed by atoms with E-state index < -0.39 is 10.0 Å². The molecule has 0 aromatic heterocycles. The van der Waals surface area contributed by atoms with Gasteiger partial charge in [-0.15, -0.1) is 0 Å². The molecule has 1 fully saturated rings. The fourth-order valence-corrected chi connectivity index (χ4v) is 3.93. The van der Waals surface area contributed by atoms with Crippen LogP contribution in [0, 0.1) is 0 Å². The van der Waals surface area contributed by atoms with Gasteiger partial charge < -0.3 is 15.8 Å². The molecular weight excluding hydrogens is 388 g/mol. The molecule has 0 amide bonds. The van der Waals surface area contributed by atoms with Crippen LogP contribution in [0.1, 0.15) is 18.4 Å². The zero-order valence-electron chi connectivity index (χ0n) is 14.8. The molecule has 1 aliphatic carbocycles. The molecule has 0 spiro atoms. The van der Waals surface area contributed by atoms with Crippen molar-refractivity contribution in [3.63, 3.8) is 0 Å². The summed E-state index contributed by atoms with van der Waals surface area (Å²) in [5.41, 5.74) is 7.43. The molecule has 2 aromatic rings. The number of ether oxygens (including phenoxy) is 1. The van der Waals surface area contributed by atoms with Crippen molar-refractivity contribution in [2.24, 2.45) is 10.7 Å². The van der Waals surface area contributed by atoms with Crippen molar-refractivity contribution < 1.29 is 13.2 Å². The van der Waals surface area contributed by atoms with E-state index in [1.807, 2.05) is 0 Å². The molecule has 1 saturated carbocycles. The number of anilines is 1. The van der Waals surface area contributed by atoms with E-state index in [2.05, 4.69) is 15.0 Å². The van der Waals surface area contributed by atoms with Crippen molar-refractivity contribution in [2.75, 3.05) is 12.4 Å². The van der Waals surface area contributed by atoms with Crippen molar-refractivity contribution >= 4 is 33.3 Å². The lowest BCUT2D eigenvalue weighted by Crippen LogP contribution is -2.25. The molecule has 4 N–H and O–H groups in total. The van der Waals surface area contributed by atoms with E-state index in [4.69, 9.17) is 22.1 Å². The number of aliphatic imine (C=N–C) groups is 1. The molecule has 0 saturated heterocycles. The molecule has 9 heteroatoms. The Morgan fingerprint density at radius 1 is 1.26 bits per heavy atom. The minimum Gasteiger partial charge on any atom is -0.495 e. The summed E-state index contributed by atoms with van der Waals surface area (Å²) in [4.78, 5) is 4.51. The van der Waals surface area contributed by atoms with Crippen LogP contribution in [0.2, 0.25) is 5.02 Å². The predicted octanol–water partition coefficient (Wildman–Crippen LogP) is 2.72. The Bertz CT molecular complexity index is 942. The first kappa shape index (κ1) is 19.5. The number of halogens is 1. The molecule has 7 nitrogen and oxygen atoms in total. The highest BCUT2D eigenvalue weighted by molar-refractivity contribution is 7.89. The maximum absolute atomic E-state index is 12.1. The highest BCUT2D eigenvalue weighted by Crippen LogP contribution is 2.27.